The van der Waals surface area contributed by atoms with Gasteiger partial charge in [0, 0.05) is 23.7 Å². The Hall–Kier alpha value is -1.22. The molecular weight excluding hydrogens is 214 g/mol. The van der Waals surface area contributed by atoms with Gasteiger partial charge in [0.15, 0.2) is 0 Å². The van der Waals surface area contributed by atoms with Gasteiger partial charge in [-0.3, -0.25) is 4.79 Å². The van der Waals surface area contributed by atoms with E-state index in [4.69, 9.17) is 11.6 Å². The normalized spacial score (nSPS) is 9.73. The minimum atomic E-state index is -0.178. The zero-order valence-electron chi connectivity index (χ0n) is 8.63. The van der Waals surface area contributed by atoms with Crippen LogP contribution in [0.2, 0.25) is 5.02 Å². The Morgan fingerprint density at radius 1 is 1.53 bits per heavy atom. The van der Waals surface area contributed by atoms with Crippen molar-refractivity contribution in [1.82, 2.24) is 0 Å². The molecule has 3 nitrogen and oxygen atoms in total. The molecule has 0 aliphatic heterocycles. The highest BCUT2D eigenvalue weighted by molar-refractivity contribution is 6.30. The Morgan fingerprint density at radius 2 is 2.33 bits per heavy atom. The number of benzene rings is 1. The number of carbonyl (C=O) groups is 1. The van der Waals surface area contributed by atoms with Crippen molar-refractivity contribution >= 4 is 23.3 Å². The number of hydrogen-bond donors (Lipinski definition) is 1. The molecule has 0 aromatic heterocycles. The molecule has 15 heavy (non-hydrogen) atoms. The molecule has 4 heteroatoms. The summed E-state index contributed by atoms with van der Waals surface area (Å²) in [5, 5.41) is 3.87. The quantitative estimate of drug-likeness (QED) is 0.621. The molecule has 0 radical (unpaired) electrons. The smallest absolute Gasteiger partial charge is 0.305 e. The van der Waals surface area contributed by atoms with Crippen molar-refractivity contribution in [3.05, 3.63) is 29.3 Å². The summed E-state index contributed by atoms with van der Waals surface area (Å²) in [4.78, 5) is 10.8. The Morgan fingerprint density at radius 3 is 3.00 bits per heavy atom. The van der Waals surface area contributed by atoms with E-state index in [9.17, 15) is 4.79 Å². The lowest BCUT2D eigenvalue weighted by molar-refractivity contribution is -0.140. The van der Waals surface area contributed by atoms with Gasteiger partial charge in [-0.2, -0.15) is 0 Å². The van der Waals surface area contributed by atoms with Gasteiger partial charge in [0.05, 0.1) is 7.11 Å². The zero-order chi connectivity index (χ0) is 11.1. The first-order valence-corrected chi connectivity index (χ1v) is 5.16. The number of nitrogens with one attached hydrogen (secondary N) is 1. The predicted molar refractivity (Wildman–Crippen MR) is 61.2 cm³/mol. The fourth-order valence-electron chi connectivity index (χ4n) is 1.17. The number of anilines is 1. The van der Waals surface area contributed by atoms with Crippen LogP contribution in [-0.2, 0) is 9.53 Å². The summed E-state index contributed by atoms with van der Waals surface area (Å²) < 4.78 is 4.53. The van der Waals surface area contributed by atoms with Gasteiger partial charge >= 0.3 is 5.97 Å². The largest absolute Gasteiger partial charge is 0.469 e. The molecule has 0 spiro atoms. The van der Waals surface area contributed by atoms with Gasteiger partial charge in [0.1, 0.15) is 0 Å². The van der Waals surface area contributed by atoms with E-state index in [0.29, 0.717) is 11.4 Å². The van der Waals surface area contributed by atoms with Crippen LogP contribution >= 0.6 is 11.6 Å². The average Bonchev–Trinajstić information content (AvgIpc) is 2.24. The second-order valence-corrected chi connectivity index (χ2v) is 3.55. The number of hydrogen-bond acceptors (Lipinski definition) is 3. The second-order valence-electron chi connectivity index (χ2n) is 3.12. The predicted octanol–water partition coefficient (Wildman–Crippen LogP) is 2.71. The third kappa shape index (κ3) is 4.70. The third-order valence-electron chi connectivity index (χ3n) is 1.94. The molecule has 0 bridgehead atoms. The molecule has 0 aliphatic rings. The van der Waals surface area contributed by atoms with Crippen LogP contribution in [0.15, 0.2) is 24.3 Å². The maximum Gasteiger partial charge on any atom is 0.305 e. The minimum absolute atomic E-state index is 0.178. The lowest BCUT2D eigenvalue weighted by atomic mass is 10.3. The maximum atomic E-state index is 10.8. The van der Waals surface area contributed by atoms with Crippen molar-refractivity contribution in [1.29, 1.82) is 0 Å². The molecule has 0 amide bonds. The SMILES string of the molecule is COC(=O)CCCNc1cccc(Cl)c1. The van der Waals surface area contributed by atoms with Gasteiger partial charge in [0.25, 0.3) is 0 Å². The van der Waals surface area contributed by atoms with E-state index in [1.54, 1.807) is 0 Å². The van der Waals surface area contributed by atoms with E-state index < -0.39 is 0 Å². The van der Waals surface area contributed by atoms with Crippen LogP contribution in [0.4, 0.5) is 5.69 Å². The van der Waals surface area contributed by atoms with Crippen LogP contribution < -0.4 is 5.32 Å². The molecule has 0 unspecified atom stereocenters. The average molecular weight is 228 g/mol. The summed E-state index contributed by atoms with van der Waals surface area (Å²) in [5.41, 5.74) is 0.965. The molecular formula is C11H14ClNO2. The molecule has 0 fully saturated rings. The van der Waals surface area contributed by atoms with Gasteiger partial charge in [-0.1, -0.05) is 17.7 Å². The van der Waals surface area contributed by atoms with Crippen molar-refractivity contribution in [2.75, 3.05) is 19.0 Å². The van der Waals surface area contributed by atoms with Crippen LogP contribution in [0.1, 0.15) is 12.8 Å². The first kappa shape index (κ1) is 11.9. The summed E-state index contributed by atoms with van der Waals surface area (Å²) in [7, 11) is 1.40. The minimum Gasteiger partial charge on any atom is -0.469 e. The van der Waals surface area contributed by atoms with E-state index in [1.807, 2.05) is 24.3 Å². The van der Waals surface area contributed by atoms with Crippen molar-refractivity contribution < 1.29 is 9.53 Å². The van der Waals surface area contributed by atoms with Crippen molar-refractivity contribution in [3.8, 4) is 0 Å². The first-order valence-electron chi connectivity index (χ1n) is 4.78. The molecule has 0 atom stereocenters. The summed E-state index contributed by atoms with van der Waals surface area (Å²) in [6.45, 7) is 0.732. The van der Waals surface area contributed by atoms with E-state index in [2.05, 4.69) is 10.1 Å². The first-order chi connectivity index (χ1) is 7.22. The summed E-state index contributed by atoms with van der Waals surface area (Å²) in [6, 6.07) is 7.48. The molecule has 1 aromatic carbocycles. The number of halogens is 1. The fraction of sp³-hybridized carbons (Fsp3) is 0.364. The van der Waals surface area contributed by atoms with Crippen LogP contribution in [0.3, 0.4) is 0 Å². The highest BCUT2D eigenvalue weighted by atomic mass is 35.5. The number of methoxy groups -OCH3 is 1. The standard InChI is InChI=1S/C11H14ClNO2/c1-15-11(14)6-3-7-13-10-5-2-4-9(12)8-10/h2,4-5,8,13H,3,6-7H2,1H3. The van der Waals surface area contributed by atoms with E-state index >= 15 is 0 Å². The van der Waals surface area contributed by atoms with E-state index in [-0.39, 0.29) is 5.97 Å². The lowest BCUT2D eigenvalue weighted by Gasteiger charge is -2.05. The second kappa shape index (κ2) is 6.30. The zero-order valence-corrected chi connectivity index (χ0v) is 9.38. The van der Waals surface area contributed by atoms with Gasteiger partial charge in [-0.25, -0.2) is 0 Å². The Balaban J connectivity index is 2.23. The molecule has 0 saturated heterocycles. The fourth-order valence-corrected chi connectivity index (χ4v) is 1.36. The molecule has 1 aromatic rings. The van der Waals surface area contributed by atoms with Crippen molar-refractivity contribution in [3.63, 3.8) is 0 Å². The Bertz CT molecular complexity index is 328. The maximum absolute atomic E-state index is 10.8. The summed E-state index contributed by atoms with van der Waals surface area (Å²) >= 11 is 5.82. The molecule has 82 valence electrons. The highest BCUT2D eigenvalue weighted by Gasteiger charge is 1.99. The number of esters is 1. The third-order valence-corrected chi connectivity index (χ3v) is 2.17. The highest BCUT2D eigenvalue weighted by Crippen LogP contribution is 2.14. The van der Waals surface area contributed by atoms with Gasteiger partial charge < -0.3 is 10.1 Å². The molecule has 0 aliphatic carbocycles. The molecule has 1 rings (SSSR count). The lowest BCUT2D eigenvalue weighted by Crippen LogP contribution is -2.06. The van der Waals surface area contributed by atoms with Gasteiger partial charge in [-0.05, 0) is 24.6 Å². The van der Waals surface area contributed by atoms with Crippen LogP contribution in [-0.4, -0.2) is 19.6 Å². The molecule has 0 heterocycles. The topological polar surface area (TPSA) is 38.3 Å². The Labute approximate surface area is 94.4 Å². The van der Waals surface area contributed by atoms with E-state index in [1.165, 1.54) is 7.11 Å². The molecule has 0 saturated carbocycles. The molecule has 1 N–H and O–H groups in total. The van der Waals surface area contributed by atoms with Crippen molar-refractivity contribution in [2.24, 2.45) is 0 Å². The van der Waals surface area contributed by atoms with Crippen LogP contribution in [0.5, 0.6) is 0 Å². The number of rotatable bonds is 5. The number of carbonyl (C=O) groups excluding carboxylic acids is 1. The Kier molecular flexibility index (Phi) is 4.98. The summed E-state index contributed by atoms with van der Waals surface area (Å²) in [6.07, 6.45) is 1.18. The van der Waals surface area contributed by atoms with Crippen LogP contribution in [0, 0.1) is 0 Å². The van der Waals surface area contributed by atoms with Gasteiger partial charge in [0.2, 0.25) is 0 Å². The monoisotopic (exact) mass is 227 g/mol. The number of ether oxygens (including phenoxy) is 1. The van der Waals surface area contributed by atoms with Crippen LogP contribution in [0.25, 0.3) is 0 Å². The summed E-state index contributed by atoms with van der Waals surface area (Å²) in [5.74, 6) is -0.178. The van der Waals surface area contributed by atoms with Gasteiger partial charge in [-0.15, -0.1) is 0 Å². The van der Waals surface area contributed by atoms with Crippen molar-refractivity contribution in [2.45, 2.75) is 12.8 Å². The van der Waals surface area contributed by atoms with E-state index in [0.717, 1.165) is 18.7 Å².